The van der Waals surface area contributed by atoms with Crippen LogP contribution >= 0.6 is 0 Å². The van der Waals surface area contributed by atoms with Gasteiger partial charge in [-0.15, -0.1) is 0 Å². The topological polar surface area (TPSA) is 37.3 Å². The van der Waals surface area contributed by atoms with Crippen molar-refractivity contribution in [3.63, 3.8) is 0 Å². The molecule has 1 rings (SSSR count). The molecule has 2 nitrogen and oxygen atoms in total. The molecule has 0 bridgehead atoms. The average Bonchev–Trinajstić information content (AvgIpc) is 2.00. The van der Waals surface area contributed by atoms with Gasteiger partial charge in [0.25, 0.3) is 0 Å². The van der Waals surface area contributed by atoms with Crippen LogP contribution in [-0.2, 0) is 4.79 Å². The van der Waals surface area contributed by atoms with Gasteiger partial charge in [-0.25, -0.2) is 0 Å². The third kappa shape index (κ3) is 2.73. The lowest BCUT2D eigenvalue weighted by Crippen LogP contribution is -2.33. The van der Waals surface area contributed by atoms with E-state index in [0.717, 1.165) is 19.3 Å². The molecule has 0 heterocycles. The van der Waals surface area contributed by atoms with Crippen molar-refractivity contribution in [2.24, 2.45) is 17.3 Å². The maximum Gasteiger partial charge on any atom is 0.303 e. The maximum atomic E-state index is 10.8. The van der Waals surface area contributed by atoms with Crippen molar-refractivity contribution in [2.45, 2.75) is 52.9 Å². The van der Waals surface area contributed by atoms with E-state index in [2.05, 4.69) is 20.8 Å². The molecule has 1 N–H and O–H groups in total. The molecule has 2 heteroatoms. The predicted octanol–water partition coefficient (Wildman–Crippen LogP) is 3.31. The van der Waals surface area contributed by atoms with Crippen molar-refractivity contribution in [3.05, 3.63) is 0 Å². The van der Waals surface area contributed by atoms with E-state index in [0.29, 0.717) is 18.3 Å². The van der Waals surface area contributed by atoms with Crippen LogP contribution in [0.25, 0.3) is 0 Å². The molecule has 0 radical (unpaired) electrons. The first kappa shape index (κ1) is 11.5. The smallest absolute Gasteiger partial charge is 0.303 e. The molecular weight excluding hydrogens is 176 g/mol. The van der Waals surface area contributed by atoms with E-state index in [4.69, 9.17) is 5.11 Å². The molecular formula is C12H22O2. The summed E-state index contributed by atoms with van der Waals surface area (Å²) in [5.74, 6) is 0.754. The summed E-state index contributed by atoms with van der Waals surface area (Å²) in [6, 6.07) is 0. The predicted molar refractivity (Wildman–Crippen MR) is 57.2 cm³/mol. The Kier molecular flexibility index (Phi) is 3.57. The molecule has 0 saturated heterocycles. The van der Waals surface area contributed by atoms with Gasteiger partial charge < -0.3 is 5.11 Å². The summed E-state index contributed by atoms with van der Waals surface area (Å²) in [6.07, 6.45) is 4.83. The van der Waals surface area contributed by atoms with Crippen LogP contribution < -0.4 is 0 Å². The lowest BCUT2D eigenvalue weighted by molar-refractivity contribution is -0.141. The van der Waals surface area contributed by atoms with Crippen LogP contribution in [-0.4, -0.2) is 11.1 Å². The first-order valence-electron chi connectivity index (χ1n) is 5.69. The Bertz CT molecular complexity index is 200. The molecule has 1 saturated carbocycles. The molecule has 1 unspecified atom stereocenters. The van der Waals surface area contributed by atoms with Gasteiger partial charge in [-0.3, -0.25) is 4.79 Å². The fraction of sp³-hybridized carbons (Fsp3) is 0.917. The average molecular weight is 198 g/mol. The fourth-order valence-electron chi connectivity index (χ4n) is 3.29. The Hall–Kier alpha value is -0.530. The van der Waals surface area contributed by atoms with Gasteiger partial charge in [0, 0.05) is 0 Å². The molecule has 0 spiro atoms. The third-order valence-corrected chi connectivity index (χ3v) is 3.64. The number of carbonyl (C=O) groups is 1. The molecule has 14 heavy (non-hydrogen) atoms. The molecule has 0 amide bonds. The second-order valence-corrected chi connectivity index (χ2v) is 5.28. The highest BCUT2D eigenvalue weighted by atomic mass is 16.4. The third-order valence-electron chi connectivity index (χ3n) is 3.64. The summed E-state index contributed by atoms with van der Waals surface area (Å²) in [6.45, 7) is 6.64. The van der Waals surface area contributed by atoms with Gasteiger partial charge in [0.15, 0.2) is 0 Å². The van der Waals surface area contributed by atoms with E-state index in [1.807, 2.05) is 0 Å². The number of rotatable bonds is 3. The van der Waals surface area contributed by atoms with E-state index in [-0.39, 0.29) is 5.41 Å². The van der Waals surface area contributed by atoms with Crippen LogP contribution in [0.2, 0.25) is 0 Å². The molecule has 1 aliphatic carbocycles. The van der Waals surface area contributed by atoms with E-state index < -0.39 is 5.97 Å². The van der Waals surface area contributed by atoms with E-state index in [9.17, 15) is 4.79 Å². The minimum absolute atomic E-state index is 0.0862. The highest BCUT2D eigenvalue weighted by molar-refractivity contribution is 5.67. The van der Waals surface area contributed by atoms with Gasteiger partial charge >= 0.3 is 5.97 Å². The van der Waals surface area contributed by atoms with Crippen molar-refractivity contribution in [3.8, 4) is 0 Å². The minimum Gasteiger partial charge on any atom is -0.481 e. The second kappa shape index (κ2) is 4.33. The SMILES string of the molecule is CCC1(CC(=O)O)C[C@H](C)C[C@H](C)C1. The van der Waals surface area contributed by atoms with Crippen molar-refractivity contribution in [1.29, 1.82) is 0 Å². The largest absolute Gasteiger partial charge is 0.481 e. The lowest BCUT2D eigenvalue weighted by Gasteiger charge is -2.41. The van der Waals surface area contributed by atoms with Gasteiger partial charge in [0.05, 0.1) is 6.42 Å². The van der Waals surface area contributed by atoms with Crippen molar-refractivity contribution in [1.82, 2.24) is 0 Å². The Morgan fingerprint density at radius 3 is 2.21 bits per heavy atom. The van der Waals surface area contributed by atoms with Gasteiger partial charge in [-0.05, 0) is 42.9 Å². The first-order chi connectivity index (χ1) is 6.47. The van der Waals surface area contributed by atoms with E-state index in [1.54, 1.807) is 0 Å². The number of hydrogen-bond donors (Lipinski definition) is 1. The first-order valence-corrected chi connectivity index (χ1v) is 5.69. The zero-order valence-electron chi connectivity index (χ0n) is 9.55. The molecule has 0 aromatic rings. The van der Waals surface area contributed by atoms with Gasteiger partial charge in [-0.1, -0.05) is 20.8 Å². The van der Waals surface area contributed by atoms with E-state index >= 15 is 0 Å². The molecule has 0 aromatic heterocycles. The van der Waals surface area contributed by atoms with Gasteiger partial charge in [-0.2, -0.15) is 0 Å². The van der Waals surface area contributed by atoms with Crippen molar-refractivity contribution >= 4 is 5.97 Å². The Balaban J connectivity index is 2.71. The molecule has 82 valence electrons. The van der Waals surface area contributed by atoms with Gasteiger partial charge in [0.2, 0.25) is 0 Å². The summed E-state index contributed by atoms with van der Waals surface area (Å²) >= 11 is 0. The van der Waals surface area contributed by atoms with Crippen LogP contribution in [0.3, 0.4) is 0 Å². The number of carboxylic acids is 1. The lowest BCUT2D eigenvalue weighted by atomic mass is 9.63. The summed E-state index contributed by atoms with van der Waals surface area (Å²) in [5, 5.41) is 8.93. The van der Waals surface area contributed by atoms with Crippen LogP contribution in [0, 0.1) is 17.3 Å². The van der Waals surface area contributed by atoms with Crippen LogP contribution in [0.1, 0.15) is 52.9 Å². The van der Waals surface area contributed by atoms with Crippen LogP contribution in [0.5, 0.6) is 0 Å². The second-order valence-electron chi connectivity index (χ2n) is 5.28. The summed E-state index contributed by atoms with van der Waals surface area (Å²) in [4.78, 5) is 10.8. The van der Waals surface area contributed by atoms with Gasteiger partial charge in [0.1, 0.15) is 0 Å². The monoisotopic (exact) mass is 198 g/mol. The molecule has 0 aromatic carbocycles. The fourth-order valence-corrected chi connectivity index (χ4v) is 3.29. The molecule has 1 aliphatic rings. The normalized spacial score (nSPS) is 38.2. The number of hydrogen-bond acceptors (Lipinski definition) is 1. The Labute approximate surface area is 86.7 Å². The van der Waals surface area contributed by atoms with Crippen molar-refractivity contribution in [2.75, 3.05) is 0 Å². The summed E-state index contributed by atoms with van der Waals surface area (Å²) < 4.78 is 0. The van der Waals surface area contributed by atoms with E-state index in [1.165, 1.54) is 6.42 Å². The molecule has 1 fully saturated rings. The summed E-state index contributed by atoms with van der Waals surface area (Å²) in [7, 11) is 0. The Morgan fingerprint density at radius 2 is 1.86 bits per heavy atom. The number of carboxylic acid groups (broad SMARTS) is 1. The van der Waals surface area contributed by atoms with Crippen molar-refractivity contribution < 1.29 is 9.90 Å². The molecule has 3 atom stereocenters. The van der Waals surface area contributed by atoms with Crippen LogP contribution in [0.15, 0.2) is 0 Å². The zero-order valence-corrected chi connectivity index (χ0v) is 9.55. The highest BCUT2D eigenvalue weighted by Gasteiger charge is 2.37. The van der Waals surface area contributed by atoms with Crippen LogP contribution in [0.4, 0.5) is 0 Å². The quantitative estimate of drug-likeness (QED) is 0.755. The Morgan fingerprint density at radius 1 is 1.36 bits per heavy atom. The summed E-state index contributed by atoms with van der Waals surface area (Å²) in [5.41, 5.74) is 0.0862. The maximum absolute atomic E-state index is 10.8. The molecule has 0 aliphatic heterocycles. The number of aliphatic carboxylic acids is 1. The standard InChI is InChI=1S/C12H22O2/c1-4-12(8-11(13)14)6-9(2)5-10(3)7-12/h9-10H,4-8H2,1-3H3,(H,13,14)/t9-,10+,12?. The highest BCUT2D eigenvalue weighted by Crippen LogP contribution is 2.46. The zero-order chi connectivity index (χ0) is 10.8. The minimum atomic E-state index is -0.631.